The van der Waals surface area contributed by atoms with Gasteiger partial charge in [0, 0.05) is 5.75 Å². The first kappa shape index (κ1) is 18.6. The van der Waals surface area contributed by atoms with Crippen LogP contribution in [0.15, 0.2) is 29.4 Å². The summed E-state index contributed by atoms with van der Waals surface area (Å²) in [5, 5.41) is 13.2. The van der Waals surface area contributed by atoms with Crippen LogP contribution in [-0.4, -0.2) is 28.5 Å². The summed E-state index contributed by atoms with van der Waals surface area (Å²) < 4.78 is 8.26. The molecule has 0 aliphatic heterocycles. The second-order valence-electron chi connectivity index (χ2n) is 8.29. The van der Waals surface area contributed by atoms with E-state index in [1.807, 2.05) is 4.68 Å². The minimum Gasteiger partial charge on any atom is -0.413 e. The number of hydrogen-bond donors (Lipinski definition) is 0. The third-order valence-electron chi connectivity index (χ3n) is 5.15. The second kappa shape index (κ2) is 7.21. The zero-order valence-electron chi connectivity index (χ0n) is 15.8. The molecule has 136 valence electrons. The van der Waals surface area contributed by atoms with Crippen molar-refractivity contribution in [2.45, 2.75) is 75.3 Å². The van der Waals surface area contributed by atoms with E-state index in [0.29, 0.717) is 12.6 Å². The van der Waals surface area contributed by atoms with Crippen LogP contribution in [0.4, 0.5) is 0 Å². The smallest absolute Gasteiger partial charge is 0.209 e. The standard InChI is InChI=1S/C18H28N4OSSi/c1-18(2,3)25(4,5)23-12-14-6-8-15(9-7-14)13-24-17-19-20-21-22(17)16-10-11-16/h6-9,16H,10-13H2,1-5H3. The number of rotatable bonds is 7. The largest absolute Gasteiger partial charge is 0.413 e. The Morgan fingerprint density at radius 3 is 2.40 bits per heavy atom. The molecular formula is C18H28N4OSSi. The Morgan fingerprint density at radius 1 is 1.16 bits per heavy atom. The quantitative estimate of drug-likeness (QED) is 0.512. The van der Waals surface area contributed by atoms with Gasteiger partial charge in [0.15, 0.2) is 8.32 Å². The van der Waals surface area contributed by atoms with Crippen molar-refractivity contribution in [2.75, 3.05) is 0 Å². The predicted octanol–water partition coefficient (Wildman–Crippen LogP) is 4.82. The highest BCUT2D eigenvalue weighted by Gasteiger charge is 2.37. The molecule has 1 fully saturated rings. The normalized spacial score (nSPS) is 15.6. The van der Waals surface area contributed by atoms with Crippen molar-refractivity contribution >= 4 is 20.1 Å². The number of hydrogen-bond acceptors (Lipinski definition) is 5. The molecule has 1 heterocycles. The first-order valence-corrected chi connectivity index (χ1v) is 12.8. The lowest BCUT2D eigenvalue weighted by molar-refractivity contribution is 0.276. The molecule has 25 heavy (non-hydrogen) atoms. The summed E-state index contributed by atoms with van der Waals surface area (Å²) in [4.78, 5) is 0. The van der Waals surface area contributed by atoms with Crippen LogP contribution in [0.3, 0.4) is 0 Å². The fraction of sp³-hybridized carbons (Fsp3) is 0.611. The zero-order chi connectivity index (χ0) is 18.1. The maximum Gasteiger partial charge on any atom is 0.209 e. The summed E-state index contributed by atoms with van der Waals surface area (Å²) in [6.07, 6.45) is 2.39. The summed E-state index contributed by atoms with van der Waals surface area (Å²) in [6.45, 7) is 12.1. The SMILES string of the molecule is CC(C)(C)[Si](C)(C)OCc1ccc(CSc2nnnn2C2CC2)cc1. The summed E-state index contributed by atoms with van der Waals surface area (Å²) in [6, 6.07) is 9.23. The van der Waals surface area contributed by atoms with Gasteiger partial charge in [-0.1, -0.05) is 56.8 Å². The number of tetrazole rings is 1. The fourth-order valence-corrected chi connectivity index (χ4v) is 4.05. The van der Waals surface area contributed by atoms with Gasteiger partial charge in [-0.3, -0.25) is 0 Å². The molecule has 0 atom stereocenters. The summed E-state index contributed by atoms with van der Waals surface area (Å²) >= 11 is 1.70. The maximum atomic E-state index is 6.29. The van der Waals surface area contributed by atoms with Gasteiger partial charge >= 0.3 is 0 Å². The highest BCUT2D eigenvalue weighted by Crippen LogP contribution is 2.38. The van der Waals surface area contributed by atoms with Crippen LogP contribution in [0.1, 0.15) is 50.8 Å². The third kappa shape index (κ3) is 4.71. The number of nitrogens with zero attached hydrogens (tertiary/aromatic N) is 4. The molecule has 1 aliphatic carbocycles. The van der Waals surface area contributed by atoms with Crippen LogP contribution >= 0.6 is 11.8 Å². The molecule has 0 bridgehead atoms. The monoisotopic (exact) mass is 376 g/mol. The maximum absolute atomic E-state index is 6.29. The minimum absolute atomic E-state index is 0.245. The zero-order valence-corrected chi connectivity index (χ0v) is 17.6. The molecule has 0 saturated heterocycles. The van der Waals surface area contributed by atoms with Crippen LogP contribution in [0, 0.1) is 0 Å². The molecule has 0 N–H and O–H groups in total. The average Bonchev–Trinajstić information content (AvgIpc) is 3.29. The average molecular weight is 377 g/mol. The van der Waals surface area contributed by atoms with E-state index in [1.54, 1.807) is 11.8 Å². The Balaban J connectivity index is 1.53. The molecule has 0 spiro atoms. The lowest BCUT2D eigenvalue weighted by Crippen LogP contribution is -2.40. The minimum atomic E-state index is -1.69. The van der Waals surface area contributed by atoms with Gasteiger partial charge in [0.25, 0.3) is 0 Å². The summed E-state index contributed by atoms with van der Waals surface area (Å²) in [7, 11) is -1.69. The Morgan fingerprint density at radius 2 is 1.80 bits per heavy atom. The topological polar surface area (TPSA) is 52.8 Å². The van der Waals surface area contributed by atoms with Crippen LogP contribution < -0.4 is 0 Å². The molecule has 0 radical (unpaired) electrons. The predicted molar refractivity (Wildman–Crippen MR) is 104 cm³/mol. The van der Waals surface area contributed by atoms with Gasteiger partial charge in [0.1, 0.15) is 0 Å². The lowest BCUT2D eigenvalue weighted by Gasteiger charge is -2.36. The van der Waals surface area contributed by atoms with Crippen molar-refractivity contribution in [1.82, 2.24) is 20.2 Å². The summed E-state index contributed by atoms with van der Waals surface area (Å²) in [5.41, 5.74) is 2.52. The molecule has 1 aliphatic rings. The van der Waals surface area contributed by atoms with Gasteiger partial charge < -0.3 is 4.43 Å². The first-order chi connectivity index (χ1) is 11.8. The van der Waals surface area contributed by atoms with Crippen molar-refractivity contribution in [2.24, 2.45) is 0 Å². The van der Waals surface area contributed by atoms with E-state index in [-0.39, 0.29) is 5.04 Å². The fourth-order valence-electron chi connectivity index (χ4n) is 2.19. The first-order valence-electron chi connectivity index (χ1n) is 8.89. The molecule has 3 rings (SSSR count). The van der Waals surface area contributed by atoms with Gasteiger partial charge in [0.05, 0.1) is 12.6 Å². The number of benzene rings is 1. The van der Waals surface area contributed by atoms with E-state index in [0.717, 1.165) is 10.9 Å². The van der Waals surface area contributed by atoms with Crippen LogP contribution in [0.5, 0.6) is 0 Å². The Bertz CT molecular complexity index is 705. The van der Waals surface area contributed by atoms with Crippen LogP contribution in [-0.2, 0) is 16.8 Å². The van der Waals surface area contributed by atoms with Gasteiger partial charge in [-0.05, 0) is 52.5 Å². The van der Waals surface area contributed by atoms with Crippen LogP contribution in [0.25, 0.3) is 0 Å². The molecule has 1 saturated carbocycles. The molecule has 1 aromatic carbocycles. The molecule has 0 unspecified atom stereocenters. The molecule has 2 aromatic rings. The van der Waals surface area contributed by atoms with E-state index in [4.69, 9.17) is 4.43 Å². The van der Waals surface area contributed by atoms with Crippen molar-refractivity contribution < 1.29 is 4.43 Å². The molecule has 0 amide bonds. The second-order valence-corrected chi connectivity index (χ2v) is 14.0. The molecule has 5 nitrogen and oxygen atoms in total. The van der Waals surface area contributed by atoms with Gasteiger partial charge in [-0.15, -0.1) is 5.10 Å². The molecule has 7 heteroatoms. The van der Waals surface area contributed by atoms with Crippen molar-refractivity contribution in [3.8, 4) is 0 Å². The van der Waals surface area contributed by atoms with Crippen LogP contribution in [0.2, 0.25) is 18.1 Å². The third-order valence-corrected chi connectivity index (χ3v) is 10.6. The van der Waals surface area contributed by atoms with Crippen molar-refractivity contribution in [3.63, 3.8) is 0 Å². The van der Waals surface area contributed by atoms with E-state index >= 15 is 0 Å². The Labute approximate surface area is 155 Å². The summed E-state index contributed by atoms with van der Waals surface area (Å²) in [5.74, 6) is 0.885. The van der Waals surface area contributed by atoms with E-state index in [9.17, 15) is 0 Å². The molecular weight excluding hydrogens is 348 g/mol. The van der Waals surface area contributed by atoms with Crippen molar-refractivity contribution in [1.29, 1.82) is 0 Å². The van der Waals surface area contributed by atoms with E-state index < -0.39 is 8.32 Å². The highest BCUT2D eigenvalue weighted by molar-refractivity contribution is 7.98. The number of thioether (sulfide) groups is 1. The van der Waals surface area contributed by atoms with E-state index in [2.05, 4.69) is 73.7 Å². The van der Waals surface area contributed by atoms with Gasteiger partial charge in [-0.2, -0.15) is 0 Å². The number of aromatic nitrogens is 4. The highest BCUT2D eigenvalue weighted by atomic mass is 32.2. The van der Waals surface area contributed by atoms with Gasteiger partial charge in [0.2, 0.25) is 5.16 Å². The lowest BCUT2D eigenvalue weighted by atomic mass is 10.2. The Hall–Kier alpha value is -1.18. The molecule has 1 aromatic heterocycles. The van der Waals surface area contributed by atoms with Crippen molar-refractivity contribution in [3.05, 3.63) is 35.4 Å². The van der Waals surface area contributed by atoms with E-state index in [1.165, 1.54) is 24.0 Å². The Kier molecular flexibility index (Phi) is 5.36. The van der Waals surface area contributed by atoms with Gasteiger partial charge in [-0.25, -0.2) is 4.68 Å².